The fourth-order valence-corrected chi connectivity index (χ4v) is 2.19. The molecule has 0 fully saturated rings. The van der Waals surface area contributed by atoms with E-state index in [4.69, 9.17) is 9.47 Å². The zero-order chi connectivity index (χ0) is 14.7. The highest BCUT2D eigenvalue weighted by molar-refractivity contribution is 5.70. The summed E-state index contributed by atoms with van der Waals surface area (Å²) in [5, 5.41) is 10.5. The smallest absolute Gasteiger partial charge is 0.161 e. The lowest BCUT2D eigenvalue weighted by molar-refractivity contribution is 0.355. The van der Waals surface area contributed by atoms with Crippen LogP contribution in [0.2, 0.25) is 0 Å². The lowest BCUT2D eigenvalue weighted by Gasteiger charge is -2.10. The van der Waals surface area contributed by atoms with E-state index in [0.717, 1.165) is 33.9 Å². The number of nitrogens with one attached hydrogen (secondary N) is 1. The summed E-state index contributed by atoms with van der Waals surface area (Å²) in [6.07, 6.45) is 1.70. The van der Waals surface area contributed by atoms with E-state index in [-0.39, 0.29) is 0 Å². The molecule has 0 aliphatic carbocycles. The van der Waals surface area contributed by atoms with Gasteiger partial charge in [0, 0.05) is 5.56 Å². The van der Waals surface area contributed by atoms with Gasteiger partial charge in [0.15, 0.2) is 11.5 Å². The zero-order valence-electron chi connectivity index (χ0n) is 11.8. The summed E-state index contributed by atoms with van der Waals surface area (Å²) in [5.74, 6) is 1.44. The van der Waals surface area contributed by atoms with E-state index in [1.807, 2.05) is 42.5 Å². The number of benzene rings is 2. The molecule has 0 unspecified atom stereocenters. The third kappa shape index (κ3) is 2.58. The largest absolute Gasteiger partial charge is 0.493 e. The maximum Gasteiger partial charge on any atom is 0.161 e. The minimum atomic E-state index is 0.718. The number of rotatable bonds is 4. The van der Waals surface area contributed by atoms with Crippen molar-refractivity contribution in [2.75, 3.05) is 14.2 Å². The predicted molar refractivity (Wildman–Crippen MR) is 80.4 cm³/mol. The van der Waals surface area contributed by atoms with Crippen LogP contribution in [0.1, 0.15) is 0 Å². The molecule has 21 heavy (non-hydrogen) atoms. The molecule has 0 aliphatic rings. The van der Waals surface area contributed by atoms with Crippen molar-refractivity contribution in [1.29, 1.82) is 0 Å². The zero-order valence-corrected chi connectivity index (χ0v) is 11.8. The normalized spacial score (nSPS) is 10.4. The van der Waals surface area contributed by atoms with Crippen molar-refractivity contribution in [3.05, 3.63) is 48.7 Å². The maximum atomic E-state index is 5.33. The van der Waals surface area contributed by atoms with Crippen molar-refractivity contribution in [2.45, 2.75) is 0 Å². The molecule has 0 saturated heterocycles. The molecule has 0 saturated carbocycles. The molecule has 0 spiro atoms. The molecule has 0 atom stereocenters. The van der Waals surface area contributed by atoms with Gasteiger partial charge in [-0.15, -0.1) is 0 Å². The van der Waals surface area contributed by atoms with Crippen LogP contribution in [0.3, 0.4) is 0 Å². The molecule has 1 N–H and O–H groups in total. The second kappa shape index (κ2) is 5.66. The molecule has 0 aliphatic heterocycles. The van der Waals surface area contributed by atoms with Crippen LogP contribution >= 0.6 is 0 Å². The van der Waals surface area contributed by atoms with Crippen LogP contribution in [-0.2, 0) is 0 Å². The highest BCUT2D eigenvalue weighted by Gasteiger charge is 2.07. The average molecular weight is 281 g/mol. The van der Waals surface area contributed by atoms with Crippen LogP contribution < -0.4 is 9.47 Å². The van der Waals surface area contributed by atoms with Crippen molar-refractivity contribution in [3.63, 3.8) is 0 Å². The van der Waals surface area contributed by atoms with Gasteiger partial charge in [-0.1, -0.05) is 30.3 Å². The molecule has 106 valence electrons. The van der Waals surface area contributed by atoms with Crippen molar-refractivity contribution in [2.24, 2.45) is 0 Å². The van der Waals surface area contributed by atoms with Crippen LogP contribution in [0.25, 0.3) is 22.4 Å². The number of aromatic amines is 1. The second-order valence-electron chi connectivity index (χ2n) is 4.50. The first-order valence-corrected chi connectivity index (χ1v) is 6.50. The number of hydrogen-bond acceptors (Lipinski definition) is 4. The van der Waals surface area contributed by atoms with Gasteiger partial charge in [0.25, 0.3) is 0 Å². The molecule has 1 heterocycles. The molecule has 0 radical (unpaired) electrons. The topological polar surface area (TPSA) is 60.0 Å². The first-order valence-electron chi connectivity index (χ1n) is 6.50. The Kier molecular flexibility index (Phi) is 3.55. The standard InChI is InChI=1S/C16H15N3O2/c1-20-15-8-7-13(9-16(15)21-2)11-3-5-12(6-4-11)14-10-17-19-18-14/h3-10H,1-2H3,(H,17,18,19). The number of aromatic nitrogens is 3. The van der Waals surface area contributed by atoms with Gasteiger partial charge in [0.1, 0.15) is 5.69 Å². The minimum absolute atomic E-state index is 0.718. The van der Waals surface area contributed by atoms with Crippen LogP contribution in [0, 0.1) is 0 Å². The summed E-state index contributed by atoms with van der Waals surface area (Å²) in [5.41, 5.74) is 4.02. The van der Waals surface area contributed by atoms with Gasteiger partial charge >= 0.3 is 0 Å². The van der Waals surface area contributed by atoms with Gasteiger partial charge < -0.3 is 9.47 Å². The van der Waals surface area contributed by atoms with E-state index in [0.29, 0.717) is 0 Å². The van der Waals surface area contributed by atoms with Gasteiger partial charge in [-0.05, 0) is 23.3 Å². The predicted octanol–water partition coefficient (Wildman–Crippen LogP) is 3.16. The Morgan fingerprint density at radius 3 is 2.10 bits per heavy atom. The molecular formula is C16H15N3O2. The number of H-pyrrole nitrogens is 1. The van der Waals surface area contributed by atoms with Crippen molar-refractivity contribution < 1.29 is 9.47 Å². The van der Waals surface area contributed by atoms with E-state index in [2.05, 4.69) is 15.4 Å². The maximum absolute atomic E-state index is 5.33. The van der Waals surface area contributed by atoms with E-state index < -0.39 is 0 Å². The van der Waals surface area contributed by atoms with Gasteiger partial charge in [0.05, 0.1) is 20.4 Å². The van der Waals surface area contributed by atoms with Crippen LogP contribution in [0.5, 0.6) is 11.5 Å². The van der Waals surface area contributed by atoms with Gasteiger partial charge in [-0.3, -0.25) is 0 Å². The third-order valence-electron chi connectivity index (χ3n) is 3.31. The molecule has 3 aromatic rings. The lowest BCUT2D eigenvalue weighted by Crippen LogP contribution is -1.90. The van der Waals surface area contributed by atoms with Gasteiger partial charge in [-0.2, -0.15) is 15.4 Å². The summed E-state index contributed by atoms with van der Waals surface area (Å²) in [7, 11) is 3.26. The average Bonchev–Trinajstić information content (AvgIpc) is 3.09. The quantitative estimate of drug-likeness (QED) is 0.798. The lowest BCUT2D eigenvalue weighted by atomic mass is 10.0. The Balaban J connectivity index is 1.94. The Hall–Kier alpha value is -2.82. The number of hydrogen-bond donors (Lipinski definition) is 1. The van der Waals surface area contributed by atoms with E-state index in [1.54, 1.807) is 20.4 Å². The molecule has 5 nitrogen and oxygen atoms in total. The highest BCUT2D eigenvalue weighted by Crippen LogP contribution is 2.32. The molecule has 1 aromatic heterocycles. The Morgan fingerprint density at radius 2 is 1.48 bits per heavy atom. The molecule has 5 heteroatoms. The first kappa shape index (κ1) is 13.2. The fourth-order valence-electron chi connectivity index (χ4n) is 2.19. The van der Waals surface area contributed by atoms with E-state index in [1.165, 1.54) is 0 Å². The molecule has 3 rings (SSSR count). The number of nitrogens with zero attached hydrogens (tertiary/aromatic N) is 2. The SMILES string of the molecule is COc1ccc(-c2ccc(-c3cn[nH]n3)cc2)cc1OC. The van der Waals surface area contributed by atoms with Crippen LogP contribution in [0.4, 0.5) is 0 Å². The number of ether oxygens (including phenoxy) is 2. The Labute approximate surface area is 122 Å². The first-order chi connectivity index (χ1) is 10.3. The Morgan fingerprint density at radius 1 is 0.810 bits per heavy atom. The van der Waals surface area contributed by atoms with Crippen LogP contribution in [0.15, 0.2) is 48.7 Å². The molecule has 0 amide bonds. The summed E-state index contributed by atoms with van der Waals surface area (Å²) in [6, 6.07) is 14.0. The molecular weight excluding hydrogens is 266 g/mol. The molecule has 0 bridgehead atoms. The van der Waals surface area contributed by atoms with Gasteiger partial charge in [-0.25, -0.2) is 0 Å². The summed E-state index contributed by atoms with van der Waals surface area (Å²) in [6.45, 7) is 0. The van der Waals surface area contributed by atoms with E-state index in [9.17, 15) is 0 Å². The highest BCUT2D eigenvalue weighted by atomic mass is 16.5. The van der Waals surface area contributed by atoms with Crippen molar-refractivity contribution in [1.82, 2.24) is 15.4 Å². The molecule has 2 aromatic carbocycles. The van der Waals surface area contributed by atoms with Crippen molar-refractivity contribution in [3.8, 4) is 33.9 Å². The summed E-state index contributed by atoms with van der Waals surface area (Å²) < 4.78 is 10.6. The van der Waals surface area contributed by atoms with E-state index >= 15 is 0 Å². The van der Waals surface area contributed by atoms with Gasteiger partial charge in [0.2, 0.25) is 0 Å². The monoisotopic (exact) mass is 281 g/mol. The summed E-state index contributed by atoms with van der Waals surface area (Å²) in [4.78, 5) is 0. The van der Waals surface area contributed by atoms with Crippen molar-refractivity contribution >= 4 is 0 Å². The van der Waals surface area contributed by atoms with Crippen LogP contribution in [-0.4, -0.2) is 29.6 Å². The summed E-state index contributed by atoms with van der Waals surface area (Å²) >= 11 is 0. The second-order valence-corrected chi connectivity index (χ2v) is 4.50. The minimum Gasteiger partial charge on any atom is -0.493 e. The third-order valence-corrected chi connectivity index (χ3v) is 3.31. The fraction of sp³-hybridized carbons (Fsp3) is 0.125. The number of methoxy groups -OCH3 is 2. The Bertz CT molecular complexity index is 722.